The smallest absolute Gasteiger partial charge is 0.181 e. The normalized spacial score (nSPS) is 37.2. The highest BCUT2D eigenvalue weighted by molar-refractivity contribution is 6.30. The van der Waals surface area contributed by atoms with Crippen molar-refractivity contribution in [3.05, 3.63) is 0 Å². The number of nitrogens with two attached hydrogens (primary N) is 3. The molecule has 0 amide bonds. The summed E-state index contributed by atoms with van der Waals surface area (Å²) in [6, 6.07) is -4.02. The molecule has 0 atom stereocenters. The Kier molecular flexibility index (Phi) is 2.05. The molecule has 0 aromatic heterocycles. The van der Waals surface area contributed by atoms with Crippen molar-refractivity contribution < 1.29 is 14.4 Å². The molecule has 1 aliphatic carbocycles. The molecule has 6 N–H and O–H groups in total. The summed E-state index contributed by atoms with van der Waals surface area (Å²) in [5.74, 6) is -2.27. The molecular weight excluding hydrogens is 162 g/mol. The van der Waals surface area contributed by atoms with Crippen LogP contribution in [0.4, 0.5) is 0 Å². The third kappa shape index (κ3) is 1.06. The highest BCUT2D eigenvalue weighted by Gasteiger charge is 2.44. The SMILES string of the molecule is NC1C(=O)C(N)C(=O)C(N)C1=O. The van der Waals surface area contributed by atoms with Gasteiger partial charge in [0.2, 0.25) is 0 Å². The lowest BCUT2D eigenvalue weighted by atomic mass is 9.85. The van der Waals surface area contributed by atoms with Crippen molar-refractivity contribution in [3.8, 4) is 0 Å². The van der Waals surface area contributed by atoms with Crippen LogP contribution in [0.15, 0.2) is 0 Å². The molecule has 1 fully saturated rings. The Balaban J connectivity index is 2.99. The molecule has 0 aliphatic heterocycles. The summed E-state index contributed by atoms with van der Waals surface area (Å²) in [5, 5.41) is 0. The minimum absolute atomic E-state index is 0.758. The van der Waals surface area contributed by atoms with Crippen LogP contribution < -0.4 is 17.2 Å². The van der Waals surface area contributed by atoms with E-state index < -0.39 is 35.5 Å². The Morgan fingerprint density at radius 2 is 0.833 bits per heavy atom. The van der Waals surface area contributed by atoms with E-state index in [4.69, 9.17) is 17.2 Å². The van der Waals surface area contributed by atoms with Crippen molar-refractivity contribution in [2.24, 2.45) is 17.2 Å². The van der Waals surface area contributed by atoms with E-state index in [2.05, 4.69) is 0 Å². The van der Waals surface area contributed by atoms with Gasteiger partial charge in [-0.2, -0.15) is 0 Å². The molecule has 0 heterocycles. The first-order valence-electron chi connectivity index (χ1n) is 3.34. The highest BCUT2D eigenvalue weighted by atomic mass is 16.2. The van der Waals surface area contributed by atoms with Gasteiger partial charge in [0.1, 0.15) is 18.1 Å². The second-order valence-electron chi connectivity index (χ2n) is 2.64. The van der Waals surface area contributed by atoms with Gasteiger partial charge in [-0.3, -0.25) is 14.4 Å². The molecule has 0 aromatic rings. The molecule has 12 heavy (non-hydrogen) atoms. The van der Waals surface area contributed by atoms with E-state index in [-0.39, 0.29) is 0 Å². The van der Waals surface area contributed by atoms with Crippen molar-refractivity contribution in [2.45, 2.75) is 18.1 Å². The molecule has 0 unspecified atom stereocenters. The molecular formula is C6H9N3O3. The van der Waals surface area contributed by atoms with Crippen LogP contribution >= 0.6 is 0 Å². The third-order valence-electron chi connectivity index (χ3n) is 1.84. The number of Topliss-reactive ketones (excluding diaryl/α,β-unsaturated/α-hetero) is 3. The monoisotopic (exact) mass is 171 g/mol. The lowest BCUT2D eigenvalue weighted by Crippen LogP contribution is -2.65. The Morgan fingerprint density at radius 3 is 1.00 bits per heavy atom. The van der Waals surface area contributed by atoms with Gasteiger partial charge in [0.05, 0.1) is 0 Å². The van der Waals surface area contributed by atoms with Gasteiger partial charge in [0.15, 0.2) is 17.3 Å². The number of carbonyl (C=O) groups is 3. The molecule has 0 bridgehead atoms. The minimum atomic E-state index is -1.34. The highest BCUT2D eigenvalue weighted by Crippen LogP contribution is 2.04. The van der Waals surface area contributed by atoms with E-state index in [0.29, 0.717) is 0 Å². The second kappa shape index (κ2) is 2.74. The van der Waals surface area contributed by atoms with Gasteiger partial charge in [0, 0.05) is 0 Å². The summed E-state index contributed by atoms with van der Waals surface area (Å²) in [6.07, 6.45) is 0. The van der Waals surface area contributed by atoms with Crippen LogP contribution in [0.2, 0.25) is 0 Å². The maximum Gasteiger partial charge on any atom is 0.181 e. The van der Waals surface area contributed by atoms with Gasteiger partial charge in [-0.05, 0) is 0 Å². The van der Waals surface area contributed by atoms with Crippen molar-refractivity contribution in [1.82, 2.24) is 0 Å². The van der Waals surface area contributed by atoms with Gasteiger partial charge in [-0.25, -0.2) is 0 Å². The molecule has 1 saturated carbocycles. The lowest BCUT2D eigenvalue weighted by Gasteiger charge is -2.24. The van der Waals surface area contributed by atoms with Crippen molar-refractivity contribution in [3.63, 3.8) is 0 Å². The van der Waals surface area contributed by atoms with E-state index in [9.17, 15) is 14.4 Å². The summed E-state index contributed by atoms with van der Waals surface area (Å²) in [7, 11) is 0. The molecule has 1 aliphatic rings. The van der Waals surface area contributed by atoms with Gasteiger partial charge in [-0.1, -0.05) is 0 Å². The molecule has 0 radical (unpaired) electrons. The average molecular weight is 171 g/mol. The number of carbonyl (C=O) groups excluding carboxylic acids is 3. The number of hydrogen-bond donors (Lipinski definition) is 3. The van der Waals surface area contributed by atoms with E-state index >= 15 is 0 Å². The summed E-state index contributed by atoms with van der Waals surface area (Å²) in [4.78, 5) is 32.8. The second-order valence-corrected chi connectivity index (χ2v) is 2.64. The summed E-state index contributed by atoms with van der Waals surface area (Å²) in [5.41, 5.74) is 15.5. The number of rotatable bonds is 0. The molecule has 6 heteroatoms. The summed E-state index contributed by atoms with van der Waals surface area (Å²) in [6.45, 7) is 0. The zero-order valence-electron chi connectivity index (χ0n) is 6.19. The largest absolute Gasteiger partial charge is 0.315 e. The predicted octanol–water partition coefficient (Wildman–Crippen LogP) is -3.31. The molecule has 0 saturated heterocycles. The molecule has 0 aromatic carbocycles. The van der Waals surface area contributed by atoms with Crippen LogP contribution in [0, 0.1) is 0 Å². The van der Waals surface area contributed by atoms with Gasteiger partial charge < -0.3 is 17.2 Å². The Bertz CT molecular complexity index is 202. The van der Waals surface area contributed by atoms with E-state index in [1.807, 2.05) is 0 Å². The van der Waals surface area contributed by atoms with E-state index in [1.54, 1.807) is 0 Å². The van der Waals surface area contributed by atoms with Crippen LogP contribution in [0.3, 0.4) is 0 Å². The summed E-state index contributed by atoms with van der Waals surface area (Å²) >= 11 is 0. The van der Waals surface area contributed by atoms with Gasteiger partial charge >= 0.3 is 0 Å². The van der Waals surface area contributed by atoms with Crippen molar-refractivity contribution in [2.75, 3.05) is 0 Å². The van der Waals surface area contributed by atoms with Crippen LogP contribution in [-0.4, -0.2) is 35.5 Å². The standard InChI is InChI=1S/C6H9N3O3/c7-1-4(10)2(8)6(12)3(9)5(1)11/h1-3H,7-9H2. The molecule has 66 valence electrons. The van der Waals surface area contributed by atoms with E-state index in [1.165, 1.54) is 0 Å². The fourth-order valence-corrected chi connectivity index (χ4v) is 1.00. The molecule has 1 rings (SSSR count). The summed E-state index contributed by atoms with van der Waals surface area (Å²) < 4.78 is 0. The number of hydrogen-bond acceptors (Lipinski definition) is 6. The first-order chi connectivity index (χ1) is 5.46. The Hall–Kier alpha value is -1.11. The zero-order chi connectivity index (χ0) is 9.46. The van der Waals surface area contributed by atoms with Gasteiger partial charge in [-0.15, -0.1) is 0 Å². The molecule has 6 nitrogen and oxygen atoms in total. The maximum atomic E-state index is 10.9. The molecule has 0 spiro atoms. The fraction of sp³-hybridized carbons (Fsp3) is 0.500. The Labute approximate surface area is 68.1 Å². The van der Waals surface area contributed by atoms with Crippen molar-refractivity contribution >= 4 is 17.3 Å². The van der Waals surface area contributed by atoms with E-state index in [0.717, 1.165) is 0 Å². The van der Waals surface area contributed by atoms with Crippen LogP contribution in [0.5, 0.6) is 0 Å². The first-order valence-corrected chi connectivity index (χ1v) is 3.34. The minimum Gasteiger partial charge on any atom is -0.315 e. The van der Waals surface area contributed by atoms with Gasteiger partial charge in [0.25, 0.3) is 0 Å². The number of ketones is 3. The topological polar surface area (TPSA) is 129 Å². The maximum absolute atomic E-state index is 10.9. The van der Waals surface area contributed by atoms with Crippen molar-refractivity contribution in [1.29, 1.82) is 0 Å². The first kappa shape index (κ1) is 8.98. The quantitative estimate of drug-likeness (QED) is 0.327. The Morgan fingerprint density at radius 1 is 0.667 bits per heavy atom. The third-order valence-corrected chi connectivity index (χ3v) is 1.84. The fourth-order valence-electron chi connectivity index (χ4n) is 1.00. The average Bonchev–Trinajstić information content (AvgIpc) is 2.08. The zero-order valence-corrected chi connectivity index (χ0v) is 6.19. The van der Waals surface area contributed by atoms with Crippen LogP contribution in [0.1, 0.15) is 0 Å². The predicted molar refractivity (Wildman–Crippen MR) is 38.9 cm³/mol. The van der Waals surface area contributed by atoms with Crippen LogP contribution in [-0.2, 0) is 14.4 Å². The lowest BCUT2D eigenvalue weighted by molar-refractivity contribution is -0.140. The van der Waals surface area contributed by atoms with Crippen LogP contribution in [0.25, 0.3) is 0 Å².